The molecule has 0 aliphatic carbocycles. The Morgan fingerprint density at radius 1 is 0.286 bits per heavy atom. The van der Waals surface area contributed by atoms with Crippen LogP contribution in [0.15, 0.2) is 285 Å². The molecule has 366 valence electrons. The van der Waals surface area contributed by atoms with Crippen LogP contribution in [0.5, 0.6) is 0 Å². The number of hydrogen-bond donors (Lipinski definition) is 0. The number of nitrogens with zero attached hydrogens (tertiary/aromatic N) is 5. The molecular weight excluding hydrogens is 935 g/mol. The summed E-state index contributed by atoms with van der Waals surface area (Å²) in [5, 5.41) is 2.34. The molecule has 0 atom stereocenters. The molecular formula is C72H53N5. The van der Waals surface area contributed by atoms with E-state index in [2.05, 4.69) is 289 Å². The van der Waals surface area contributed by atoms with E-state index in [0.29, 0.717) is 5.82 Å². The second-order valence-electron chi connectivity index (χ2n) is 19.6. The number of para-hydroxylation sites is 4. The van der Waals surface area contributed by atoms with Gasteiger partial charge in [0.25, 0.3) is 0 Å². The standard InChI is InChI=1S/C72H53N5/c1-50-46-65(51(2)45-64(50)52-33-35-55(36-34-52)69-49-68(54-21-9-3-10-22-54)73-72(74-69)56-23-11-4-12-24-56)53-37-39-61(40-38-53)77-70-43-41-62(75(57-25-13-5-14-26-57)58-27-15-6-16-28-58)47-66(70)67-48-63(42-44-71(67)77)76(59-29-17-7-18-30-59)60-31-19-8-20-32-60/h3-49H,1-2H3. The van der Waals surface area contributed by atoms with Crippen LogP contribution in [0.3, 0.4) is 0 Å². The van der Waals surface area contributed by atoms with Gasteiger partial charge in [-0.05, 0) is 150 Å². The highest BCUT2D eigenvalue weighted by Crippen LogP contribution is 2.43. The maximum absolute atomic E-state index is 5.08. The first-order valence-corrected chi connectivity index (χ1v) is 26.2. The minimum atomic E-state index is 0.712. The second kappa shape index (κ2) is 20.3. The minimum absolute atomic E-state index is 0.712. The highest BCUT2D eigenvalue weighted by atomic mass is 15.1. The summed E-state index contributed by atoms with van der Waals surface area (Å²) >= 11 is 0. The quantitative estimate of drug-likeness (QED) is 0.122. The lowest BCUT2D eigenvalue weighted by Crippen LogP contribution is -2.09. The van der Waals surface area contributed by atoms with E-state index in [-0.39, 0.29) is 0 Å². The van der Waals surface area contributed by atoms with Gasteiger partial charge in [-0.1, -0.05) is 182 Å². The van der Waals surface area contributed by atoms with Crippen molar-refractivity contribution in [2.45, 2.75) is 13.8 Å². The molecule has 2 aromatic heterocycles. The summed E-state index contributed by atoms with van der Waals surface area (Å²) in [6.07, 6.45) is 0. The summed E-state index contributed by atoms with van der Waals surface area (Å²) in [5.41, 5.74) is 22.0. The number of anilines is 6. The monoisotopic (exact) mass is 987 g/mol. The molecule has 0 amide bonds. The summed E-state index contributed by atoms with van der Waals surface area (Å²) in [5.74, 6) is 0.712. The van der Waals surface area contributed by atoms with Crippen molar-refractivity contribution >= 4 is 55.9 Å². The van der Waals surface area contributed by atoms with E-state index < -0.39 is 0 Å². The number of aryl methyl sites for hydroxylation is 2. The van der Waals surface area contributed by atoms with Crippen LogP contribution in [0.4, 0.5) is 34.1 Å². The Morgan fingerprint density at radius 2 is 0.623 bits per heavy atom. The predicted molar refractivity (Wildman–Crippen MR) is 322 cm³/mol. The zero-order chi connectivity index (χ0) is 51.7. The number of rotatable bonds is 12. The van der Waals surface area contributed by atoms with Gasteiger partial charge >= 0.3 is 0 Å². The van der Waals surface area contributed by atoms with Crippen LogP contribution in [0.2, 0.25) is 0 Å². The van der Waals surface area contributed by atoms with Gasteiger partial charge < -0.3 is 14.4 Å². The van der Waals surface area contributed by atoms with Crippen LogP contribution in [0, 0.1) is 13.8 Å². The molecule has 0 radical (unpaired) electrons. The highest BCUT2D eigenvalue weighted by molar-refractivity contribution is 6.12. The molecule has 0 spiro atoms. The van der Waals surface area contributed by atoms with Crippen LogP contribution in [0.25, 0.3) is 83.6 Å². The Balaban J connectivity index is 0.867. The van der Waals surface area contributed by atoms with Gasteiger partial charge in [0, 0.05) is 67.3 Å². The third-order valence-corrected chi connectivity index (χ3v) is 14.6. The first-order chi connectivity index (χ1) is 38.0. The lowest BCUT2D eigenvalue weighted by Gasteiger charge is -2.26. The second-order valence-corrected chi connectivity index (χ2v) is 19.6. The van der Waals surface area contributed by atoms with E-state index in [9.17, 15) is 0 Å². The predicted octanol–water partition coefficient (Wildman–Crippen LogP) is 19.5. The number of aromatic nitrogens is 3. The van der Waals surface area contributed by atoms with E-state index in [1.54, 1.807) is 0 Å². The molecule has 5 nitrogen and oxygen atoms in total. The van der Waals surface area contributed by atoms with Gasteiger partial charge in [0.2, 0.25) is 0 Å². The van der Waals surface area contributed by atoms with E-state index in [1.165, 1.54) is 44.2 Å². The van der Waals surface area contributed by atoms with Crippen LogP contribution >= 0.6 is 0 Å². The van der Waals surface area contributed by atoms with Crippen molar-refractivity contribution < 1.29 is 0 Å². The highest BCUT2D eigenvalue weighted by Gasteiger charge is 2.21. The average molecular weight is 988 g/mol. The summed E-state index contributed by atoms with van der Waals surface area (Å²) in [6, 6.07) is 102. The summed E-state index contributed by atoms with van der Waals surface area (Å²) in [4.78, 5) is 14.8. The third-order valence-electron chi connectivity index (χ3n) is 14.6. The fourth-order valence-electron chi connectivity index (χ4n) is 10.9. The molecule has 77 heavy (non-hydrogen) atoms. The molecule has 0 N–H and O–H groups in total. The van der Waals surface area contributed by atoms with Crippen molar-refractivity contribution in [3.05, 3.63) is 296 Å². The van der Waals surface area contributed by atoms with Gasteiger partial charge in [-0.3, -0.25) is 0 Å². The molecule has 5 heteroatoms. The first kappa shape index (κ1) is 46.7. The van der Waals surface area contributed by atoms with E-state index in [0.717, 1.165) is 78.9 Å². The first-order valence-electron chi connectivity index (χ1n) is 26.2. The molecule has 0 saturated heterocycles. The maximum atomic E-state index is 5.08. The van der Waals surface area contributed by atoms with Crippen LogP contribution in [-0.4, -0.2) is 14.5 Å². The van der Waals surface area contributed by atoms with Gasteiger partial charge in [-0.2, -0.15) is 0 Å². The third kappa shape index (κ3) is 9.11. The van der Waals surface area contributed by atoms with Crippen LogP contribution in [0.1, 0.15) is 11.1 Å². The van der Waals surface area contributed by atoms with Gasteiger partial charge in [0.15, 0.2) is 5.82 Å². The Bertz CT molecular complexity index is 3900. The van der Waals surface area contributed by atoms with E-state index in [1.807, 2.05) is 24.3 Å². The van der Waals surface area contributed by atoms with Crippen molar-refractivity contribution in [3.8, 4) is 61.8 Å². The molecule has 0 saturated carbocycles. The minimum Gasteiger partial charge on any atom is -0.310 e. The van der Waals surface area contributed by atoms with Crippen LogP contribution < -0.4 is 9.80 Å². The van der Waals surface area contributed by atoms with Gasteiger partial charge in [-0.15, -0.1) is 0 Å². The van der Waals surface area contributed by atoms with E-state index in [4.69, 9.17) is 9.97 Å². The van der Waals surface area contributed by atoms with Crippen LogP contribution in [-0.2, 0) is 0 Å². The Kier molecular flexibility index (Phi) is 12.3. The Hall–Kier alpha value is -10.1. The molecule has 0 unspecified atom stereocenters. The fraction of sp³-hybridized carbons (Fsp3) is 0.0278. The summed E-state index contributed by atoms with van der Waals surface area (Å²) < 4.78 is 2.42. The summed E-state index contributed by atoms with van der Waals surface area (Å²) in [6.45, 7) is 4.44. The van der Waals surface area contributed by atoms with Crippen molar-refractivity contribution in [1.82, 2.24) is 14.5 Å². The van der Waals surface area contributed by atoms with Crippen molar-refractivity contribution in [1.29, 1.82) is 0 Å². The van der Waals surface area contributed by atoms with E-state index >= 15 is 0 Å². The Labute approximate surface area is 449 Å². The number of fused-ring (bicyclic) bond motifs is 3. The number of benzene rings is 11. The largest absolute Gasteiger partial charge is 0.310 e. The van der Waals surface area contributed by atoms with Crippen molar-refractivity contribution in [2.24, 2.45) is 0 Å². The molecule has 2 heterocycles. The summed E-state index contributed by atoms with van der Waals surface area (Å²) in [7, 11) is 0. The normalized spacial score (nSPS) is 11.2. The lowest BCUT2D eigenvalue weighted by atomic mass is 9.91. The Morgan fingerprint density at radius 3 is 1.03 bits per heavy atom. The molecule has 11 aromatic carbocycles. The van der Waals surface area contributed by atoms with Gasteiger partial charge in [-0.25, -0.2) is 9.97 Å². The maximum Gasteiger partial charge on any atom is 0.160 e. The molecule has 0 bridgehead atoms. The lowest BCUT2D eigenvalue weighted by molar-refractivity contribution is 1.18. The van der Waals surface area contributed by atoms with Gasteiger partial charge in [0.1, 0.15) is 0 Å². The van der Waals surface area contributed by atoms with Crippen molar-refractivity contribution in [3.63, 3.8) is 0 Å². The van der Waals surface area contributed by atoms with Crippen molar-refractivity contribution in [2.75, 3.05) is 9.80 Å². The topological polar surface area (TPSA) is 37.2 Å². The smallest absolute Gasteiger partial charge is 0.160 e. The zero-order valence-corrected chi connectivity index (χ0v) is 42.9. The zero-order valence-electron chi connectivity index (χ0n) is 42.9. The SMILES string of the molecule is Cc1cc(-c2ccc(-n3c4ccc(N(c5ccccc5)c5ccccc5)cc4c4cc(N(c5ccccc5)c5ccccc5)ccc43)cc2)c(C)cc1-c1ccc(-c2cc(-c3ccccc3)nc(-c3ccccc3)n2)cc1. The molecule has 0 aliphatic heterocycles. The number of hydrogen-bond acceptors (Lipinski definition) is 4. The molecule has 13 rings (SSSR count). The fourth-order valence-corrected chi connectivity index (χ4v) is 10.9. The average Bonchev–Trinajstić information content (AvgIpc) is 3.84. The molecule has 0 aliphatic rings. The van der Waals surface area contributed by atoms with Gasteiger partial charge in [0.05, 0.1) is 22.4 Å². The molecule has 0 fully saturated rings. The molecule has 13 aromatic rings.